The molecule has 174 valence electrons. The van der Waals surface area contributed by atoms with Gasteiger partial charge in [0.25, 0.3) is 0 Å². The highest BCUT2D eigenvalue weighted by atomic mass is 16.5. The topological polar surface area (TPSA) is 125 Å². The van der Waals surface area contributed by atoms with Crippen LogP contribution in [0.5, 0.6) is 5.75 Å². The van der Waals surface area contributed by atoms with Crippen LogP contribution in [0.4, 0.5) is 10.5 Å². The number of benzene rings is 3. The highest BCUT2D eigenvalue weighted by Crippen LogP contribution is 2.44. The van der Waals surface area contributed by atoms with Gasteiger partial charge < -0.3 is 25.6 Å². The predicted molar refractivity (Wildman–Crippen MR) is 126 cm³/mol. The number of fused-ring (bicyclic) bond motifs is 3. The molecule has 34 heavy (non-hydrogen) atoms. The monoisotopic (exact) mass is 460 g/mol. The zero-order chi connectivity index (χ0) is 24.2. The largest absolute Gasteiger partial charge is 0.506 e. The number of carbonyl (C=O) groups excluding carboxylic acids is 2. The molecular formula is C26H24N2O6. The SMILES string of the molecule is CC[C@H](NC(=O)OCC1c2ccccc2-c2ccccc21)C(=O)Nc1cc(C(=O)O)ccc1O. The zero-order valence-electron chi connectivity index (χ0n) is 18.4. The van der Waals surface area contributed by atoms with Gasteiger partial charge >= 0.3 is 12.1 Å². The number of carboxylic acid groups (broad SMARTS) is 1. The number of nitrogens with one attached hydrogen (secondary N) is 2. The number of rotatable bonds is 7. The van der Waals surface area contributed by atoms with Gasteiger partial charge in [0.05, 0.1) is 11.3 Å². The van der Waals surface area contributed by atoms with E-state index in [2.05, 4.69) is 10.6 Å². The normalized spacial score (nSPS) is 12.9. The summed E-state index contributed by atoms with van der Waals surface area (Å²) in [5, 5.41) is 24.1. The van der Waals surface area contributed by atoms with Gasteiger partial charge in [-0.2, -0.15) is 0 Å². The van der Waals surface area contributed by atoms with Crippen molar-refractivity contribution in [2.45, 2.75) is 25.3 Å². The Morgan fingerprint density at radius 1 is 0.971 bits per heavy atom. The molecule has 0 radical (unpaired) electrons. The number of carbonyl (C=O) groups is 3. The summed E-state index contributed by atoms with van der Waals surface area (Å²) in [5.74, 6) is -2.19. The number of amides is 2. The Hall–Kier alpha value is -4.33. The first kappa shape index (κ1) is 22.8. The van der Waals surface area contributed by atoms with Gasteiger partial charge in [-0.05, 0) is 46.9 Å². The summed E-state index contributed by atoms with van der Waals surface area (Å²) in [4.78, 5) is 36.3. The van der Waals surface area contributed by atoms with E-state index >= 15 is 0 Å². The molecule has 0 unspecified atom stereocenters. The summed E-state index contributed by atoms with van der Waals surface area (Å²) in [5.41, 5.74) is 4.23. The molecule has 3 aromatic carbocycles. The second-order valence-corrected chi connectivity index (χ2v) is 7.96. The molecule has 3 aromatic rings. The molecule has 4 rings (SSSR count). The van der Waals surface area contributed by atoms with Gasteiger partial charge in [0.15, 0.2) is 0 Å². The molecule has 1 aliphatic rings. The number of hydrogen-bond acceptors (Lipinski definition) is 5. The number of phenols is 1. The summed E-state index contributed by atoms with van der Waals surface area (Å²) < 4.78 is 5.49. The third kappa shape index (κ3) is 4.56. The van der Waals surface area contributed by atoms with Crippen molar-refractivity contribution in [1.29, 1.82) is 0 Å². The maximum Gasteiger partial charge on any atom is 0.407 e. The number of anilines is 1. The van der Waals surface area contributed by atoms with Crippen LogP contribution in [0.25, 0.3) is 11.1 Å². The van der Waals surface area contributed by atoms with Crippen LogP contribution in [-0.2, 0) is 9.53 Å². The molecule has 8 heteroatoms. The smallest absolute Gasteiger partial charge is 0.407 e. The van der Waals surface area contributed by atoms with E-state index < -0.39 is 24.0 Å². The molecule has 0 bridgehead atoms. The summed E-state index contributed by atoms with van der Waals surface area (Å²) in [6.07, 6.45) is -0.484. The first-order chi connectivity index (χ1) is 16.4. The fourth-order valence-electron chi connectivity index (χ4n) is 4.12. The van der Waals surface area contributed by atoms with Crippen LogP contribution >= 0.6 is 0 Å². The lowest BCUT2D eigenvalue weighted by Gasteiger charge is -2.19. The van der Waals surface area contributed by atoms with Gasteiger partial charge in [-0.15, -0.1) is 0 Å². The number of phenolic OH excluding ortho intramolecular Hbond substituents is 1. The minimum atomic E-state index is -1.20. The molecule has 2 amide bonds. The Kier molecular flexibility index (Phi) is 6.49. The molecular weight excluding hydrogens is 436 g/mol. The van der Waals surface area contributed by atoms with Crippen LogP contribution in [0.3, 0.4) is 0 Å². The summed E-state index contributed by atoms with van der Waals surface area (Å²) in [6, 6.07) is 18.6. The second-order valence-electron chi connectivity index (χ2n) is 7.96. The Morgan fingerprint density at radius 2 is 1.59 bits per heavy atom. The Morgan fingerprint density at radius 3 is 2.18 bits per heavy atom. The summed E-state index contributed by atoms with van der Waals surface area (Å²) in [7, 11) is 0. The first-order valence-electron chi connectivity index (χ1n) is 10.9. The molecule has 0 fully saturated rings. The number of hydrogen-bond donors (Lipinski definition) is 4. The fourth-order valence-corrected chi connectivity index (χ4v) is 4.12. The summed E-state index contributed by atoms with van der Waals surface area (Å²) in [6.45, 7) is 1.82. The Labute approximate surface area is 196 Å². The molecule has 0 saturated heterocycles. The number of alkyl carbamates (subject to hydrolysis) is 1. The minimum Gasteiger partial charge on any atom is -0.506 e. The lowest BCUT2D eigenvalue weighted by Crippen LogP contribution is -2.43. The van der Waals surface area contributed by atoms with E-state index in [9.17, 15) is 19.5 Å². The van der Waals surface area contributed by atoms with Gasteiger partial charge in [-0.3, -0.25) is 4.79 Å². The molecule has 1 atom stereocenters. The van der Waals surface area contributed by atoms with E-state index in [0.717, 1.165) is 28.3 Å². The van der Waals surface area contributed by atoms with Gasteiger partial charge in [0.2, 0.25) is 5.91 Å². The first-order valence-corrected chi connectivity index (χ1v) is 10.9. The summed E-state index contributed by atoms with van der Waals surface area (Å²) >= 11 is 0. The van der Waals surface area contributed by atoms with E-state index in [0.29, 0.717) is 0 Å². The van der Waals surface area contributed by atoms with Crippen LogP contribution in [0.2, 0.25) is 0 Å². The highest BCUT2D eigenvalue weighted by molar-refractivity contribution is 5.99. The number of ether oxygens (including phenoxy) is 1. The molecule has 0 heterocycles. The quantitative estimate of drug-likeness (QED) is 0.389. The molecule has 0 aromatic heterocycles. The van der Waals surface area contributed by atoms with Crippen molar-refractivity contribution in [2.75, 3.05) is 11.9 Å². The third-order valence-electron chi connectivity index (χ3n) is 5.86. The van der Waals surface area contributed by atoms with Gasteiger partial charge in [0, 0.05) is 5.92 Å². The lowest BCUT2D eigenvalue weighted by atomic mass is 9.98. The fraction of sp³-hybridized carbons (Fsp3) is 0.192. The minimum absolute atomic E-state index is 0.0577. The van der Waals surface area contributed by atoms with E-state index in [-0.39, 0.29) is 35.9 Å². The van der Waals surface area contributed by atoms with E-state index in [4.69, 9.17) is 9.84 Å². The van der Waals surface area contributed by atoms with Crippen molar-refractivity contribution in [3.05, 3.63) is 83.4 Å². The molecule has 4 N–H and O–H groups in total. The van der Waals surface area contributed by atoms with Crippen LogP contribution in [-0.4, -0.2) is 40.8 Å². The van der Waals surface area contributed by atoms with Crippen LogP contribution < -0.4 is 10.6 Å². The second kappa shape index (κ2) is 9.66. The van der Waals surface area contributed by atoms with Gasteiger partial charge in [-0.1, -0.05) is 55.5 Å². The van der Waals surface area contributed by atoms with Crippen molar-refractivity contribution in [1.82, 2.24) is 5.32 Å². The molecule has 0 saturated carbocycles. The molecule has 0 spiro atoms. The zero-order valence-corrected chi connectivity index (χ0v) is 18.4. The highest BCUT2D eigenvalue weighted by Gasteiger charge is 2.29. The number of carboxylic acids is 1. The number of aromatic hydroxyl groups is 1. The lowest BCUT2D eigenvalue weighted by molar-refractivity contribution is -0.118. The average molecular weight is 460 g/mol. The molecule has 0 aliphatic heterocycles. The van der Waals surface area contributed by atoms with Crippen molar-refractivity contribution < 1.29 is 29.3 Å². The maximum absolute atomic E-state index is 12.7. The van der Waals surface area contributed by atoms with Crippen LogP contribution in [0.1, 0.15) is 40.7 Å². The Bertz CT molecular complexity index is 1210. The third-order valence-corrected chi connectivity index (χ3v) is 5.86. The predicted octanol–water partition coefficient (Wildman–Crippen LogP) is 4.35. The maximum atomic E-state index is 12.7. The van der Waals surface area contributed by atoms with Gasteiger partial charge in [-0.25, -0.2) is 9.59 Å². The van der Waals surface area contributed by atoms with E-state index in [1.807, 2.05) is 48.5 Å². The van der Waals surface area contributed by atoms with Crippen molar-refractivity contribution in [3.63, 3.8) is 0 Å². The average Bonchev–Trinajstić information content (AvgIpc) is 3.16. The molecule has 1 aliphatic carbocycles. The van der Waals surface area contributed by atoms with Crippen LogP contribution in [0, 0.1) is 0 Å². The van der Waals surface area contributed by atoms with Crippen molar-refractivity contribution in [3.8, 4) is 16.9 Å². The van der Waals surface area contributed by atoms with E-state index in [1.165, 1.54) is 12.1 Å². The van der Waals surface area contributed by atoms with Crippen molar-refractivity contribution in [2.24, 2.45) is 0 Å². The number of aromatic carboxylic acids is 1. The molecule has 8 nitrogen and oxygen atoms in total. The van der Waals surface area contributed by atoms with E-state index in [1.54, 1.807) is 6.92 Å². The van der Waals surface area contributed by atoms with Crippen LogP contribution in [0.15, 0.2) is 66.7 Å². The standard InChI is InChI=1S/C26H24N2O6/c1-2-21(24(30)27-22-13-15(25(31)32)11-12-23(22)29)28-26(33)34-14-20-18-9-5-3-7-16(18)17-8-4-6-10-19(17)20/h3-13,20-21,29H,2,14H2,1H3,(H,27,30)(H,28,33)(H,31,32)/t21-/m0/s1. The Balaban J connectivity index is 1.40. The van der Waals surface area contributed by atoms with Gasteiger partial charge in [0.1, 0.15) is 18.4 Å². The van der Waals surface area contributed by atoms with Crippen molar-refractivity contribution >= 4 is 23.7 Å².